The average Bonchev–Trinajstić information content (AvgIpc) is 3.04. The number of pyridine rings is 1. The van der Waals surface area contributed by atoms with Crippen molar-refractivity contribution in [2.75, 3.05) is 34.4 Å². The molecule has 11 heteroatoms. The lowest BCUT2D eigenvalue weighted by Gasteiger charge is -2.25. The highest BCUT2D eigenvalue weighted by Gasteiger charge is 2.35. The number of methoxy groups -OCH3 is 1. The molecule has 0 fully saturated rings. The van der Waals surface area contributed by atoms with Crippen molar-refractivity contribution in [3.63, 3.8) is 0 Å². The van der Waals surface area contributed by atoms with Crippen LogP contribution in [-0.4, -0.2) is 55.7 Å². The molecular weight excluding hydrogens is 623 g/mol. The number of alkyl halides is 3. The zero-order valence-corrected chi connectivity index (χ0v) is 27.9. The van der Waals surface area contributed by atoms with E-state index in [1.807, 2.05) is 43.3 Å². The van der Waals surface area contributed by atoms with Gasteiger partial charge in [-0.3, -0.25) is 14.4 Å². The van der Waals surface area contributed by atoms with Crippen LogP contribution in [0.25, 0.3) is 11.1 Å². The third kappa shape index (κ3) is 10.2. The van der Waals surface area contributed by atoms with Gasteiger partial charge in [-0.05, 0) is 81.1 Å². The number of unbranched alkanes of at least 4 members (excludes halogenated alkanes) is 1. The predicted molar refractivity (Wildman–Crippen MR) is 181 cm³/mol. The van der Waals surface area contributed by atoms with E-state index in [1.165, 1.54) is 13.2 Å². The Morgan fingerprint density at radius 3 is 2.46 bits per heavy atom. The third-order valence-electron chi connectivity index (χ3n) is 7.86. The molecule has 1 aromatic heterocycles. The lowest BCUT2D eigenvalue weighted by atomic mass is 9.94. The van der Waals surface area contributed by atoms with Crippen LogP contribution < -0.4 is 15.6 Å². The fourth-order valence-electron chi connectivity index (χ4n) is 5.37. The highest BCUT2D eigenvalue weighted by Crippen LogP contribution is 2.36. The van der Waals surface area contributed by atoms with E-state index >= 15 is 0 Å². The van der Waals surface area contributed by atoms with Crippen LogP contribution in [0.15, 0.2) is 84.8 Å². The molecule has 0 bridgehead atoms. The molecule has 3 aromatic rings. The summed E-state index contributed by atoms with van der Waals surface area (Å²) in [6.07, 6.45) is 0.931. The van der Waals surface area contributed by atoms with Gasteiger partial charge in [0.1, 0.15) is 11.8 Å². The Hall–Kier alpha value is -4.64. The van der Waals surface area contributed by atoms with Gasteiger partial charge in [-0.1, -0.05) is 42.5 Å². The van der Waals surface area contributed by atoms with E-state index in [-0.39, 0.29) is 24.8 Å². The second-order valence-electron chi connectivity index (χ2n) is 11.7. The molecule has 8 nitrogen and oxygen atoms in total. The monoisotopic (exact) mass is 667 g/mol. The standard InChI is InChI=1S/C37H44F3N3O5/c1-7-9-10-20-48-32-17-11-14-25(3)35(32)27-16-12-15-26(21-27)30(23-34(45)47-6)41-36(46)31(13-8-2)43-24-28(18-19-42(4)5)29(22-33(43)44)37(38,39)40/h7-8,11-12,14-17,21-22,24,30-31H,1-2,9-10,13,18-20,23H2,3-6H3,(H,41,46)/t30-,31-/m0/s1. The van der Waals surface area contributed by atoms with Crippen LogP contribution in [0, 0.1) is 6.92 Å². The van der Waals surface area contributed by atoms with Crippen molar-refractivity contribution in [3.05, 3.63) is 113 Å². The number of hydrogen-bond donors (Lipinski definition) is 1. The Bertz CT molecular complexity index is 1650. The molecule has 2 atom stereocenters. The number of nitrogens with zero attached hydrogens (tertiary/aromatic N) is 2. The third-order valence-corrected chi connectivity index (χ3v) is 7.86. The number of allylic oxidation sites excluding steroid dienone is 2. The van der Waals surface area contributed by atoms with Crippen LogP contribution in [0.1, 0.15) is 60.0 Å². The van der Waals surface area contributed by atoms with Gasteiger partial charge in [-0.25, -0.2) is 0 Å². The van der Waals surface area contributed by atoms with Gasteiger partial charge in [-0.2, -0.15) is 13.2 Å². The number of esters is 1. The summed E-state index contributed by atoms with van der Waals surface area (Å²) in [6.45, 7) is 10.2. The molecule has 258 valence electrons. The summed E-state index contributed by atoms with van der Waals surface area (Å²) in [5.74, 6) is -0.579. The van der Waals surface area contributed by atoms with Crippen molar-refractivity contribution in [1.82, 2.24) is 14.8 Å². The maximum atomic E-state index is 13.9. The topological polar surface area (TPSA) is 89.9 Å². The molecule has 2 aromatic carbocycles. The number of likely N-dealkylation sites (N-methyl/N-ethyl adjacent to an activating group) is 1. The number of benzene rings is 2. The minimum atomic E-state index is -4.75. The number of aromatic nitrogens is 1. The van der Waals surface area contributed by atoms with Crippen LogP contribution in [0.4, 0.5) is 13.2 Å². The second-order valence-corrected chi connectivity index (χ2v) is 11.7. The predicted octanol–water partition coefficient (Wildman–Crippen LogP) is 6.83. The van der Waals surface area contributed by atoms with Crippen molar-refractivity contribution < 1.29 is 32.2 Å². The highest BCUT2D eigenvalue weighted by atomic mass is 19.4. The van der Waals surface area contributed by atoms with Gasteiger partial charge in [0.05, 0.1) is 31.7 Å². The SMILES string of the molecule is C=CCCCOc1cccc(C)c1-c1cccc([C@H](CC(=O)OC)NC(=O)[C@H](CC=C)n2cc(CCN(C)C)c(C(F)(F)F)cc2=O)c1. The molecule has 0 saturated carbocycles. The fraction of sp³-hybridized carbons (Fsp3) is 0.378. The van der Waals surface area contributed by atoms with Crippen LogP contribution >= 0.6 is 0 Å². The average molecular weight is 668 g/mol. The number of ether oxygens (including phenoxy) is 2. The number of carbonyl (C=O) groups excluding carboxylic acids is 2. The second kappa shape index (κ2) is 17.5. The maximum absolute atomic E-state index is 13.9. The van der Waals surface area contributed by atoms with Crippen LogP contribution in [0.3, 0.4) is 0 Å². The first-order chi connectivity index (χ1) is 22.8. The molecule has 0 unspecified atom stereocenters. The minimum absolute atomic E-state index is 0.00116. The number of aryl methyl sites for hydroxylation is 1. The Kier molecular flexibility index (Phi) is 13.8. The summed E-state index contributed by atoms with van der Waals surface area (Å²) in [5, 5.41) is 2.86. The highest BCUT2D eigenvalue weighted by molar-refractivity contribution is 5.82. The zero-order chi connectivity index (χ0) is 35.4. The molecule has 48 heavy (non-hydrogen) atoms. The molecule has 1 amide bonds. The van der Waals surface area contributed by atoms with Gasteiger partial charge in [0.25, 0.3) is 5.56 Å². The molecule has 0 radical (unpaired) electrons. The van der Waals surface area contributed by atoms with Gasteiger partial charge in [0, 0.05) is 24.4 Å². The maximum Gasteiger partial charge on any atom is 0.416 e. The molecule has 0 aliphatic heterocycles. The van der Waals surface area contributed by atoms with E-state index in [1.54, 1.807) is 31.1 Å². The molecule has 1 heterocycles. The number of rotatable bonds is 17. The summed E-state index contributed by atoms with van der Waals surface area (Å²) >= 11 is 0. The first-order valence-electron chi connectivity index (χ1n) is 15.7. The smallest absolute Gasteiger partial charge is 0.416 e. The molecule has 0 saturated heterocycles. The lowest BCUT2D eigenvalue weighted by Crippen LogP contribution is -2.40. The number of amides is 1. The van der Waals surface area contributed by atoms with Gasteiger partial charge < -0.3 is 24.3 Å². The molecule has 0 aliphatic rings. The molecule has 0 aliphatic carbocycles. The molecule has 1 N–H and O–H groups in total. The summed E-state index contributed by atoms with van der Waals surface area (Å²) in [4.78, 5) is 41.3. The summed E-state index contributed by atoms with van der Waals surface area (Å²) in [6, 6.07) is 11.5. The van der Waals surface area contributed by atoms with Gasteiger partial charge in [-0.15, -0.1) is 13.2 Å². The van der Waals surface area contributed by atoms with E-state index in [0.29, 0.717) is 30.5 Å². The van der Waals surface area contributed by atoms with Crippen molar-refractivity contribution >= 4 is 11.9 Å². The Balaban J connectivity index is 2.04. The Morgan fingerprint density at radius 1 is 1.08 bits per heavy atom. The summed E-state index contributed by atoms with van der Waals surface area (Å²) < 4.78 is 53.7. The first kappa shape index (κ1) is 37.8. The van der Waals surface area contributed by atoms with Crippen molar-refractivity contribution in [1.29, 1.82) is 0 Å². The number of halogens is 3. The van der Waals surface area contributed by atoms with Gasteiger partial charge in [0.15, 0.2) is 0 Å². The van der Waals surface area contributed by atoms with Crippen LogP contribution in [-0.2, 0) is 26.9 Å². The van der Waals surface area contributed by atoms with Crippen molar-refractivity contribution in [2.45, 2.75) is 57.3 Å². The normalized spacial score (nSPS) is 12.7. The largest absolute Gasteiger partial charge is 0.493 e. The number of nitrogens with one attached hydrogen (secondary N) is 1. The Labute approximate surface area is 279 Å². The lowest BCUT2D eigenvalue weighted by molar-refractivity contribution is -0.141. The minimum Gasteiger partial charge on any atom is -0.493 e. The number of carbonyl (C=O) groups is 2. The fourth-order valence-corrected chi connectivity index (χ4v) is 5.37. The van der Waals surface area contributed by atoms with Crippen molar-refractivity contribution in [3.8, 4) is 16.9 Å². The number of hydrogen-bond acceptors (Lipinski definition) is 6. The van der Waals surface area contributed by atoms with Crippen LogP contribution in [0.5, 0.6) is 5.75 Å². The van der Waals surface area contributed by atoms with Crippen molar-refractivity contribution in [2.24, 2.45) is 0 Å². The summed E-state index contributed by atoms with van der Waals surface area (Å²) in [5.41, 5.74) is 1.05. The molecule has 0 spiro atoms. The molecule has 3 rings (SSSR count). The van der Waals surface area contributed by atoms with Crippen LogP contribution in [0.2, 0.25) is 0 Å². The van der Waals surface area contributed by atoms with Gasteiger partial charge >= 0.3 is 12.1 Å². The first-order valence-corrected chi connectivity index (χ1v) is 15.7. The summed E-state index contributed by atoms with van der Waals surface area (Å²) in [7, 11) is 4.69. The van der Waals surface area contributed by atoms with E-state index in [9.17, 15) is 27.6 Å². The Morgan fingerprint density at radius 2 is 1.81 bits per heavy atom. The van der Waals surface area contributed by atoms with E-state index in [4.69, 9.17) is 9.47 Å². The molecular formula is C37H44F3N3O5. The zero-order valence-electron chi connectivity index (χ0n) is 27.9. The quantitative estimate of drug-likeness (QED) is 0.0965. The van der Waals surface area contributed by atoms with E-state index in [2.05, 4.69) is 18.5 Å². The van der Waals surface area contributed by atoms with E-state index in [0.717, 1.165) is 40.3 Å². The van der Waals surface area contributed by atoms with Gasteiger partial charge in [0.2, 0.25) is 5.91 Å². The van der Waals surface area contributed by atoms with E-state index < -0.39 is 41.3 Å².